The van der Waals surface area contributed by atoms with Crippen LogP contribution in [0.2, 0.25) is 0 Å². The fourth-order valence-corrected chi connectivity index (χ4v) is 2.93. The monoisotopic (exact) mass is 446 g/mol. The third kappa shape index (κ3) is 5.62. The predicted molar refractivity (Wildman–Crippen MR) is 109 cm³/mol. The van der Waals surface area contributed by atoms with Gasteiger partial charge in [-0.3, -0.25) is 4.79 Å². The van der Waals surface area contributed by atoms with Crippen LogP contribution in [0.3, 0.4) is 0 Å². The molecule has 32 heavy (non-hydrogen) atoms. The van der Waals surface area contributed by atoms with Crippen LogP contribution in [0.25, 0.3) is 6.08 Å². The van der Waals surface area contributed by atoms with Gasteiger partial charge in [-0.05, 0) is 48.0 Å². The molecule has 1 aliphatic heterocycles. The van der Waals surface area contributed by atoms with E-state index in [2.05, 4.69) is 0 Å². The number of aldehydes is 1. The summed E-state index contributed by atoms with van der Waals surface area (Å²) in [5, 5.41) is 49.1. The van der Waals surface area contributed by atoms with Crippen molar-refractivity contribution in [1.29, 1.82) is 0 Å². The Morgan fingerprint density at radius 2 is 1.62 bits per heavy atom. The van der Waals surface area contributed by atoms with Crippen molar-refractivity contribution >= 4 is 18.3 Å². The second kappa shape index (κ2) is 10.2. The summed E-state index contributed by atoms with van der Waals surface area (Å²) in [6.07, 6.45) is -4.25. The minimum atomic E-state index is -1.62. The summed E-state index contributed by atoms with van der Waals surface area (Å²) >= 11 is 0. The molecule has 1 saturated heterocycles. The van der Waals surface area contributed by atoms with Crippen molar-refractivity contribution in [3.63, 3.8) is 0 Å². The molecule has 5 atom stereocenters. The van der Waals surface area contributed by atoms with Gasteiger partial charge in [-0.2, -0.15) is 0 Å². The van der Waals surface area contributed by atoms with Crippen LogP contribution in [0.15, 0.2) is 48.5 Å². The smallest absolute Gasteiger partial charge is 0.330 e. The number of rotatable bonds is 7. The molecular weight excluding hydrogens is 424 g/mol. The van der Waals surface area contributed by atoms with Crippen LogP contribution < -0.4 is 4.74 Å². The van der Waals surface area contributed by atoms with E-state index in [1.165, 1.54) is 48.5 Å². The molecule has 1 aliphatic rings. The van der Waals surface area contributed by atoms with Crippen LogP contribution in [0, 0.1) is 0 Å². The molecule has 0 unspecified atom stereocenters. The van der Waals surface area contributed by atoms with Crippen LogP contribution in [0.4, 0.5) is 0 Å². The number of aliphatic hydroxyl groups is 3. The number of aliphatic hydroxyl groups excluding tert-OH is 3. The van der Waals surface area contributed by atoms with Gasteiger partial charge in [-0.1, -0.05) is 6.07 Å². The number of phenols is 2. The highest BCUT2D eigenvalue weighted by Gasteiger charge is 2.45. The van der Waals surface area contributed by atoms with E-state index in [4.69, 9.17) is 14.2 Å². The lowest BCUT2D eigenvalue weighted by Gasteiger charge is -2.39. The van der Waals surface area contributed by atoms with E-state index in [1.54, 1.807) is 0 Å². The van der Waals surface area contributed by atoms with Crippen molar-refractivity contribution in [1.82, 2.24) is 0 Å². The molecule has 0 saturated carbocycles. The van der Waals surface area contributed by atoms with Gasteiger partial charge >= 0.3 is 5.97 Å². The van der Waals surface area contributed by atoms with Gasteiger partial charge in [0.05, 0.1) is 0 Å². The predicted octanol–water partition coefficient (Wildman–Crippen LogP) is 0.353. The molecule has 5 N–H and O–H groups in total. The third-order valence-corrected chi connectivity index (χ3v) is 4.74. The number of aromatic hydroxyl groups is 2. The van der Waals surface area contributed by atoms with Crippen molar-refractivity contribution in [2.75, 3.05) is 6.61 Å². The molecule has 1 heterocycles. The molecule has 0 radical (unpaired) electrons. The van der Waals surface area contributed by atoms with E-state index in [1.807, 2.05) is 0 Å². The number of phenolic OH excluding ortho intramolecular Hbond substituents is 2. The van der Waals surface area contributed by atoms with Crippen LogP contribution in [-0.4, -0.2) is 75.1 Å². The summed E-state index contributed by atoms with van der Waals surface area (Å²) in [4.78, 5) is 22.7. The first-order chi connectivity index (χ1) is 15.3. The summed E-state index contributed by atoms with van der Waals surface area (Å²) in [6, 6.07) is 9.88. The normalized spacial score (nSPS) is 25.4. The molecule has 0 amide bonds. The van der Waals surface area contributed by atoms with Crippen LogP contribution >= 0.6 is 0 Å². The highest BCUT2D eigenvalue weighted by molar-refractivity contribution is 5.87. The number of carbonyl (C=O) groups is 2. The van der Waals surface area contributed by atoms with Crippen LogP contribution in [-0.2, 0) is 14.3 Å². The van der Waals surface area contributed by atoms with Gasteiger partial charge in [0.2, 0.25) is 6.29 Å². The fourth-order valence-electron chi connectivity index (χ4n) is 2.93. The Bertz CT molecular complexity index is 971. The van der Waals surface area contributed by atoms with Gasteiger partial charge in [0.1, 0.15) is 43.1 Å². The zero-order valence-corrected chi connectivity index (χ0v) is 16.6. The molecule has 3 rings (SSSR count). The summed E-state index contributed by atoms with van der Waals surface area (Å²) in [5.74, 6) is -1.20. The quantitative estimate of drug-likeness (QED) is 0.174. The molecule has 0 aliphatic carbocycles. The highest BCUT2D eigenvalue weighted by atomic mass is 16.7. The first-order valence-electron chi connectivity index (χ1n) is 9.57. The summed E-state index contributed by atoms with van der Waals surface area (Å²) in [7, 11) is 0. The average molecular weight is 446 g/mol. The lowest BCUT2D eigenvalue weighted by atomic mass is 9.99. The third-order valence-electron chi connectivity index (χ3n) is 4.74. The number of ether oxygens (including phenoxy) is 3. The van der Waals surface area contributed by atoms with Gasteiger partial charge in [0.15, 0.2) is 11.5 Å². The standard InChI is InChI=1S/C22H22O10/c23-10-13-1-5-14(6-2-13)31-22-21(29)20(28)19(27)17(32-22)11-30-18(26)8-4-12-3-7-15(24)16(25)9-12/h1-10,17,19-22,24-25,27-29H,11H2/b8-4+/t17-,19-,20+,21-,22-/m1/s1. The van der Waals surface area contributed by atoms with Gasteiger partial charge in [-0.25, -0.2) is 4.79 Å². The zero-order chi connectivity index (χ0) is 23.3. The van der Waals surface area contributed by atoms with Gasteiger partial charge in [0.25, 0.3) is 0 Å². The number of esters is 1. The van der Waals surface area contributed by atoms with Gasteiger partial charge in [-0.15, -0.1) is 0 Å². The Balaban J connectivity index is 1.59. The first-order valence-corrected chi connectivity index (χ1v) is 9.57. The van der Waals surface area contributed by atoms with E-state index in [9.17, 15) is 35.1 Å². The lowest BCUT2D eigenvalue weighted by Crippen LogP contribution is -2.60. The van der Waals surface area contributed by atoms with E-state index in [-0.39, 0.29) is 17.2 Å². The molecule has 0 spiro atoms. The van der Waals surface area contributed by atoms with Crippen molar-refractivity contribution in [3.8, 4) is 17.2 Å². The molecule has 10 nitrogen and oxygen atoms in total. The Kier molecular flexibility index (Phi) is 7.44. The summed E-state index contributed by atoms with van der Waals surface area (Å²) < 4.78 is 16.0. The Morgan fingerprint density at radius 1 is 0.938 bits per heavy atom. The second-order valence-corrected chi connectivity index (χ2v) is 7.03. The Morgan fingerprint density at radius 3 is 2.28 bits per heavy atom. The minimum Gasteiger partial charge on any atom is -0.504 e. The van der Waals surface area contributed by atoms with Crippen molar-refractivity contribution in [2.24, 2.45) is 0 Å². The summed E-state index contributed by atoms with van der Waals surface area (Å²) in [6.45, 7) is -0.446. The van der Waals surface area contributed by atoms with Crippen molar-refractivity contribution in [3.05, 3.63) is 59.7 Å². The number of benzene rings is 2. The van der Waals surface area contributed by atoms with Crippen molar-refractivity contribution in [2.45, 2.75) is 30.7 Å². The fraction of sp³-hybridized carbons (Fsp3) is 0.273. The maximum atomic E-state index is 12.0. The number of hydrogen-bond acceptors (Lipinski definition) is 10. The topological polar surface area (TPSA) is 163 Å². The van der Waals surface area contributed by atoms with Crippen LogP contribution in [0.5, 0.6) is 17.2 Å². The molecule has 0 aromatic heterocycles. The molecular formula is C22H22O10. The second-order valence-electron chi connectivity index (χ2n) is 7.03. The molecule has 2 aromatic carbocycles. The van der Waals surface area contributed by atoms with Gasteiger partial charge in [0, 0.05) is 11.6 Å². The first kappa shape index (κ1) is 23.2. The van der Waals surface area contributed by atoms with E-state index in [0.29, 0.717) is 17.4 Å². The Hall–Kier alpha value is -3.44. The Labute approximate surface area is 182 Å². The molecule has 0 bridgehead atoms. The van der Waals surface area contributed by atoms with E-state index >= 15 is 0 Å². The summed E-state index contributed by atoms with van der Waals surface area (Å²) in [5.41, 5.74) is 0.845. The number of hydrogen-bond donors (Lipinski definition) is 5. The molecule has 10 heteroatoms. The van der Waals surface area contributed by atoms with Gasteiger partial charge < -0.3 is 39.7 Å². The van der Waals surface area contributed by atoms with Crippen molar-refractivity contribution < 1.29 is 49.3 Å². The molecule has 170 valence electrons. The highest BCUT2D eigenvalue weighted by Crippen LogP contribution is 2.26. The maximum Gasteiger partial charge on any atom is 0.330 e. The molecule has 1 fully saturated rings. The van der Waals surface area contributed by atoms with Crippen LogP contribution in [0.1, 0.15) is 15.9 Å². The zero-order valence-electron chi connectivity index (χ0n) is 16.6. The maximum absolute atomic E-state index is 12.0. The molecule has 2 aromatic rings. The minimum absolute atomic E-state index is 0.249. The lowest BCUT2D eigenvalue weighted by molar-refractivity contribution is -0.278. The van der Waals surface area contributed by atoms with E-state index < -0.39 is 43.3 Å². The van der Waals surface area contributed by atoms with E-state index in [0.717, 1.165) is 6.08 Å². The largest absolute Gasteiger partial charge is 0.504 e. The number of carbonyl (C=O) groups excluding carboxylic acids is 2. The SMILES string of the molecule is O=Cc1ccc(O[C@@H]2O[C@H](COC(=O)/C=C/c3ccc(O)c(O)c3)[C@@H](O)[C@H](O)[C@H]2O)cc1. The average Bonchev–Trinajstić information content (AvgIpc) is 2.79.